The maximum atomic E-state index is 9.61. The Morgan fingerprint density at radius 2 is 2.00 bits per heavy atom. The van der Waals surface area contributed by atoms with Crippen molar-refractivity contribution in [1.29, 1.82) is 0 Å². The van der Waals surface area contributed by atoms with Crippen LogP contribution in [0.3, 0.4) is 0 Å². The molecule has 19 heavy (non-hydrogen) atoms. The number of nitrogens with zero attached hydrogens (tertiary/aromatic N) is 2. The third-order valence-corrected chi connectivity index (χ3v) is 3.96. The highest BCUT2D eigenvalue weighted by Gasteiger charge is 2.25. The second-order valence-electron chi connectivity index (χ2n) is 5.45. The van der Waals surface area contributed by atoms with E-state index in [1.807, 2.05) is 0 Å². The van der Waals surface area contributed by atoms with Gasteiger partial charge in [-0.05, 0) is 18.5 Å². The van der Waals surface area contributed by atoms with Crippen LogP contribution in [0.25, 0.3) is 0 Å². The molecule has 0 bridgehead atoms. The van der Waals surface area contributed by atoms with Gasteiger partial charge in [-0.3, -0.25) is 4.90 Å². The molecule has 0 unspecified atom stereocenters. The summed E-state index contributed by atoms with van der Waals surface area (Å²) >= 11 is 0. The third kappa shape index (κ3) is 4.30. The zero-order valence-corrected chi connectivity index (χ0v) is 12.0. The Kier molecular flexibility index (Phi) is 5.83. The maximum absolute atomic E-state index is 9.61. The molecule has 1 heterocycles. The second kappa shape index (κ2) is 7.63. The molecule has 0 radical (unpaired) electrons. The maximum Gasteiger partial charge on any atom is 0.0599 e. The summed E-state index contributed by atoms with van der Waals surface area (Å²) in [5.41, 5.74) is 1.34. The minimum absolute atomic E-state index is 0.259. The van der Waals surface area contributed by atoms with Crippen LogP contribution in [0.1, 0.15) is 25.3 Å². The lowest BCUT2D eigenvalue weighted by Gasteiger charge is -2.40. The lowest BCUT2D eigenvalue weighted by Crippen LogP contribution is -2.54. The molecule has 3 nitrogen and oxygen atoms in total. The van der Waals surface area contributed by atoms with Crippen molar-refractivity contribution >= 4 is 0 Å². The van der Waals surface area contributed by atoms with Gasteiger partial charge in [0, 0.05) is 32.2 Å². The van der Waals surface area contributed by atoms with E-state index in [9.17, 15) is 5.11 Å². The SMILES string of the molecule is CCCCN1CCN(Cc2ccccc2)[C@@H](CO)C1. The molecular weight excluding hydrogens is 236 g/mol. The van der Waals surface area contributed by atoms with Crippen molar-refractivity contribution in [3.63, 3.8) is 0 Å². The first kappa shape index (κ1) is 14.5. The summed E-state index contributed by atoms with van der Waals surface area (Å²) in [5, 5.41) is 9.61. The molecule has 1 fully saturated rings. The van der Waals surface area contributed by atoms with Crippen molar-refractivity contribution in [2.45, 2.75) is 32.4 Å². The molecule has 3 heteroatoms. The number of unbranched alkanes of at least 4 members (excludes halogenated alkanes) is 1. The Labute approximate surface area is 116 Å². The van der Waals surface area contributed by atoms with Crippen LogP contribution >= 0.6 is 0 Å². The molecular formula is C16H26N2O. The van der Waals surface area contributed by atoms with Crippen molar-refractivity contribution in [2.24, 2.45) is 0 Å². The van der Waals surface area contributed by atoms with Crippen LogP contribution in [-0.4, -0.2) is 53.7 Å². The van der Waals surface area contributed by atoms with Crippen LogP contribution in [0.2, 0.25) is 0 Å². The first-order valence-electron chi connectivity index (χ1n) is 7.44. The zero-order chi connectivity index (χ0) is 13.5. The Morgan fingerprint density at radius 3 is 2.68 bits per heavy atom. The number of aliphatic hydroxyl groups excluding tert-OH is 1. The quantitative estimate of drug-likeness (QED) is 0.849. The van der Waals surface area contributed by atoms with E-state index >= 15 is 0 Å². The molecule has 0 aromatic heterocycles. The van der Waals surface area contributed by atoms with Crippen LogP contribution in [-0.2, 0) is 6.54 Å². The summed E-state index contributed by atoms with van der Waals surface area (Å²) in [5.74, 6) is 0. The number of rotatable bonds is 6. The van der Waals surface area contributed by atoms with Crippen LogP contribution in [0.15, 0.2) is 30.3 Å². The van der Waals surface area contributed by atoms with Gasteiger partial charge in [0.15, 0.2) is 0 Å². The van der Waals surface area contributed by atoms with Crippen LogP contribution < -0.4 is 0 Å². The lowest BCUT2D eigenvalue weighted by molar-refractivity contribution is 0.0344. The van der Waals surface area contributed by atoms with Gasteiger partial charge in [-0.25, -0.2) is 0 Å². The predicted octanol–water partition coefficient (Wildman–Crippen LogP) is 1.97. The number of hydrogen-bond acceptors (Lipinski definition) is 3. The van der Waals surface area contributed by atoms with Crippen LogP contribution in [0, 0.1) is 0 Å². The van der Waals surface area contributed by atoms with Gasteiger partial charge in [-0.2, -0.15) is 0 Å². The fraction of sp³-hybridized carbons (Fsp3) is 0.625. The van der Waals surface area contributed by atoms with Crippen molar-refractivity contribution in [2.75, 3.05) is 32.8 Å². The van der Waals surface area contributed by atoms with E-state index in [0.717, 1.165) is 26.2 Å². The highest BCUT2D eigenvalue weighted by atomic mass is 16.3. The summed E-state index contributed by atoms with van der Waals surface area (Å²) < 4.78 is 0. The molecule has 1 aromatic carbocycles. The van der Waals surface area contributed by atoms with E-state index in [-0.39, 0.29) is 12.6 Å². The molecule has 0 saturated carbocycles. The Balaban J connectivity index is 1.88. The first-order valence-corrected chi connectivity index (χ1v) is 7.44. The van der Waals surface area contributed by atoms with Crippen molar-refractivity contribution in [1.82, 2.24) is 9.80 Å². The van der Waals surface area contributed by atoms with Gasteiger partial charge in [0.25, 0.3) is 0 Å². The van der Waals surface area contributed by atoms with Crippen LogP contribution in [0.4, 0.5) is 0 Å². The third-order valence-electron chi connectivity index (χ3n) is 3.96. The fourth-order valence-electron chi connectivity index (χ4n) is 2.74. The molecule has 1 atom stereocenters. The van der Waals surface area contributed by atoms with E-state index in [4.69, 9.17) is 0 Å². The topological polar surface area (TPSA) is 26.7 Å². The van der Waals surface area contributed by atoms with Gasteiger partial charge < -0.3 is 10.0 Å². The summed E-state index contributed by atoms with van der Waals surface area (Å²) in [6.45, 7) is 7.81. The van der Waals surface area contributed by atoms with Gasteiger partial charge in [0.2, 0.25) is 0 Å². The molecule has 1 aromatic rings. The first-order chi connectivity index (χ1) is 9.33. The van der Waals surface area contributed by atoms with E-state index in [1.54, 1.807) is 0 Å². The fourth-order valence-corrected chi connectivity index (χ4v) is 2.74. The lowest BCUT2D eigenvalue weighted by atomic mass is 10.1. The second-order valence-corrected chi connectivity index (χ2v) is 5.45. The average molecular weight is 262 g/mol. The van der Waals surface area contributed by atoms with Crippen molar-refractivity contribution < 1.29 is 5.11 Å². The monoisotopic (exact) mass is 262 g/mol. The van der Waals surface area contributed by atoms with Crippen molar-refractivity contribution in [3.05, 3.63) is 35.9 Å². The molecule has 1 N–H and O–H groups in total. The highest BCUT2D eigenvalue weighted by molar-refractivity contribution is 5.14. The standard InChI is InChI=1S/C16H26N2O/c1-2-3-9-17-10-11-18(16(13-17)14-19)12-15-7-5-4-6-8-15/h4-8,16,19H,2-3,9-14H2,1H3/t16-/m1/s1. The summed E-state index contributed by atoms with van der Waals surface area (Å²) in [6, 6.07) is 10.8. The average Bonchev–Trinajstić information content (AvgIpc) is 2.47. The molecule has 1 saturated heterocycles. The molecule has 106 valence electrons. The number of piperazine rings is 1. The van der Waals surface area contributed by atoms with Crippen LogP contribution in [0.5, 0.6) is 0 Å². The summed E-state index contributed by atoms with van der Waals surface area (Å²) in [4.78, 5) is 4.91. The number of hydrogen-bond donors (Lipinski definition) is 1. The molecule has 0 spiro atoms. The minimum Gasteiger partial charge on any atom is -0.395 e. The van der Waals surface area contributed by atoms with E-state index < -0.39 is 0 Å². The molecule has 1 aliphatic heterocycles. The molecule has 2 rings (SSSR count). The minimum atomic E-state index is 0.259. The Hall–Kier alpha value is -0.900. The Bertz CT molecular complexity index is 355. The normalized spacial score (nSPS) is 21.7. The molecule has 1 aliphatic rings. The number of benzene rings is 1. The van der Waals surface area contributed by atoms with Gasteiger partial charge in [0.05, 0.1) is 6.61 Å². The predicted molar refractivity (Wildman–Crippen MR) is 79.1 cm³/mol. The van der Waals surface area contributed by atoms with Gasteiger partial charge in [0.1, 0.15) is 0 Å². The summed E-state index contributed by atoms with van der Waals surface area (Å²) in [6.07, 6.45) is 2.50. The molecule has 0 aliphatic carbocycles. The van der Waals surface area contributed by atoms with Gasteiger partial charge >= 0.3 is 0 Å². The van der Waals surface area contributed by atoms with E-state index in [2.05, 4.69) is 47.1 Å². The summed E-state index contributed by atoms with van der Waals surface area (Å²) in [7, 11) is 0. The largest absolute Gasteiger partial charge is 0.395 e. The van der Waals surface area contributed by atoms with E-state index in [0.29, 0.717) is 0 Å². The van der Waals surface area contributed by atoms with Gasteiger partial charge in [-0.1, -0.05) is 43.7 Å². The smallest absolute Gasteiger partial charge is 0.0599 e. The van der Waals surface area contributed by atoms with Gasteiger partial charge in [-0.15, -0.1) is 0 Å². The van der Waals surface area contributed by atoms with E-state index in [1.165, 1.54) is 24.9 Å². The highest BCUT2D eigenvalue weighted by Crippen LogP contribution is 2.14. The molecule has 0 amide bonds. The van der Waals surface area contributed by atoms with Crippen molar-refractivity contribution in [3.8, 4) is 0 Å². The Morgan fingerprint density at radius 1 is 1.21 bits per heavy atom. The zero-order valence-electron chi connectivity index (χ0n) is 12.0. The number of aliphatic hydroxyl groups is 1.